The topological polar surface area (TPSA) is 58.6 Å². The predicted molar refractivity (Wildman–Crippen MR) is 93.3 cm³/mol. The maximum atomic E-state index is 14.0. The van der Waals surface area contributed by atoms with Crippen LogP contribution < -0.4 is 10.1 Å². The smallest absolute Gasteiger partial charge is 0.159 e. The zero-order valence-electron chi connectivity index (χ0n) is 14.2. The van der Waals surface area contributed by atoms with Gasteiger partial charge in [-0.25, -0.2) is 4.39 Å². The van der Waals surface area contributed by atoms with E-state index < -0.39 is 6.10 Å². The van der Waals surface area contributed by atoms with Crippen molar-refractivity contribution >= 4 is 5.78 Å². The zero-order valence-corrected chi connectivity index (χ0v) is 14.2. The van der Waals surface area contributed by atoms with Crippen LogP contribution in [0, 0.1) is 5.82 Å². The van der Waals surface area contributed by atoms with Crippen LogP contribution in [-0.2, 0) is 5.54 Å². The van der Waals surface area contributed by atoms with Crippen LogP contribution in [0.3, 0.4) is 0 Å². The van der Waals surface area contributed by atoms with Crippen LogP contribution in [0.25, 0.3) is 0 Å². The number of hydrogen-bond acceptors (Lipinski definition) is 4. The minimum absolute atomic E-state index is 0.0340. The molecule has 0 aliphatic heterocycles. The van der Waals surface area contributed by atoms with Crippen molar-refractivity contribution in [2.75, 3.05) is 13.2 Å². The number of ether oxygens (including phenoxy) is 1. The number of nitrogens with one attached hydrogen (secondary N) is 1. The number of carbonyl (C=O) groups is 1. The number of rotatable bonds is 8. The molecule has 1 saturated carbocycles. The third-order valence-corrected chi connectivity index (χ3v) is 4.50. The van der Waals surface area contributed by atoms with E-state index in [2.05, 4.69) is 5.32 Å². The first-order chi connectivity index (χ1) is 12.0. The molecule has 0 aromatic heterocycles. The first-order valence-corrected chi connectivity index (χ1v) is 8.42. The van der Waals surface area contributed by atoms with Crippen molar-refractivity contribution in [3.05, 3.63) is 65.5 Å². The van der Waals surface area contributed by atoms with Gasteiger partial charge in [0, 0.05) is 23.2 Å². The molecular formula is C20H22FNO3. The number of aliphatic hydroxyl groups excluding tert-OH is 1. The van der Waals surface area contributed by atoms with Crippen molar-refractivity contribution in [3.63, 3.8) is 0 Å². The molecule has 2 aromatic rings. The Morgan fingerprint density at radius 1 is 1.28 bits per heavy atom. The molecule has 2 N–H and O–H groups in total. The van der Waals surface area contributed by atoms with Gasteiger partial charge in [-0.2, -0.15) is 0 Å². The lowest BCUT2D eigenvalue weighted by Crippen LogP contribution is -2.38. The van der Waals surface area contributed by atoms with Gasteiger partial charge in [0.1, 0.15) is 24.3 Å². The highest BCUT2D eigenvalue weighted by molar-refractivity contribution is 5.94. The SMILES string of the molecule is CC(=O)c1cccc(OCC(O)CNC2(c3ccccc3F)CC2)c1. The molecule has 0 radical (unpaired) electrons. The number of aliphatic hydroxyl groups is 1. The van der Waals surface area contributed by atoms with Gasteiger partial charge in [0.2, 0.25) is 0 Å². The number of Topliss-reactive ketones (excluding diaryl/α,β-unsaturated/α-hetero) is 1. The van der Waals surface area contributed by atoms with Crippen molar-refractivity contribution in [2.24, 2.45) is 0 Å². The van der Waals surface area contributed by atoms with Crippen molar-refractivity contribution in [1.82, 2.24) is 5.32 Å². The number of hydrogen-bond donors (Lipinski definition) is 2. The minimum Gasteiger partial charge on any atom is -0.491 e. The van der Waals surface area contributed by atoms with Crippen molar-refractivity contribution < 1.29 is 19.0 Å². The van der Waals surface area contributed by atoms with Gasteiger partial charge in [-0.05, 0) is 38.0 Å². The maximum absolute atomic E-state index is 14.0. The molecule has 0 amide bonds. The van der Waals surface area contributed by atoms with Crippen molar-refractivity contribution in [1.29, 1.82) is 0 Å². The molecule has 5 heteroatoms. The summed E-state index contributed by atoms with van der Waals surface area (Å²) in [6.07, 6.45) is 0.967. The summed E-state index contributed by atoms with van der Waals surface area (Å²) < 4.78 is 19.5. The van der Waals surface area contributed by atoms with Crippen molar-refractivity contribution in [3.8, 4) is 5.75 Å². The predicted octanol–water partition coefficient (Wildman–Crippen LogP) is 3.05. The Balaban J connectivity index is 1.52. The van der Waals surface area contributed by atoms with Gasteiger partial charge in [-0.1, -0.05) is 30.3 Å². The highest BCUT2D eigenvalue weighted by Gasteiger charge is 2.45. The van der Waals surface area contributed by atoms with E-state index in [1.807, 2.05) is 6.07 Å². The summed E-state index contributed by atoms with van der Waals surface area (Å²) in [6, 6.07) is 13.6. The van der Waals surface area contributed by atoms with Gasteiger partial charge < -0.3 is 15.2 Å². The van der Waals surface area contributed by atoms with Crippen LogP contribution in [0.1, 0.15) is 35.7 Å². The van der Waals surface area contributed by atoms with E-state index in [1.165, 1.54) is 13.0 Å². The molecule has 0 heterocycles. The third-order valence-electron chi connectivity index (χ3n) is 4.50. The summed E-state index contributed by atoms with van der Waals surface area (Å²) in [7, 11) is 0. The fourth-order valence-electron chi connectivity index (χ4n) is 2.89. The minimum atomic E-state index is -0.731. The van der Waals surface area contributed by atoms with E-state index in [1.54, 1.807) is 36.4 Å². The molecule has 1 aliphatic rings. The van der Waals surface area contributed by atoms with Gasteiger partial charge in [0.25, 0.3) is 0 Å². The monoisotopic (exact) mass is 343 g/mol. The second-order valence-electron chi connectivity index (χ2n) is 6.49. The van der Waals surface area contributed by atoms with Gasteiger partial charge in [0.05, 0.1) is 0 Å². The van der Waals surface area contributed by atoms with Crippen LogP contribution in [-0.4, -0.2) is 30.1 Å². The van der Waals surface area contributed by atoms with E-state index in [-0.39, 0.29) is 23.7 Å². The molecule has 0 bridgehead atoms. The van der Waals surface area contributed by atoms with Crippen LogP contribution in [0.2, 0.25) is 0 Å². The summed E-state index contributed by atoms with van der Waals surface area (Å²) in [5.74, 6) is 0.287. The van der Waals surface area contributed by atoms with Gasteiger partial charge >= 0.3 is 0 Å². The van der Waals surface area contributed by atoms with Crippen LogP contribution >= 0.6 is 0 Å². The molecule has 2 aromatic carbocycles. The summed E-state index contributed by atoms with van der Waals surface area (Å²) >= 11 is 0. The largest absolute Gasteiger partial charge is 0.491 e. The average molecular weight is 343 g/mol. The second-order valence-corrected chi connectivity index (χ2v) is 6.49. The molecular weight excluding hydrogens is 321 g/mol. The van der Waals surface area contributed by atoms with E-state index in [4.69, 9.17) is 4.74 Å². The molecule has 3 rings (SSSR count). The van der Waals surface area contributed by atoms with Gasteiger partial charge in [-0.3, -0.25) is 4.79 Å². The summed E-state index contributed by atoms with van der Waals surface area (Å²) in [4.78, 5) is 11.4. The van der Waals surface area contributed by atoms with Crippen LogP contribution in [0.15, 0.2) is 48.5 Å². The number of carbonyl (C=O) groups excluding carboxylic acids is 1. The number of ketones is 1. The van der Waals surface area contributed by atoms with Crippen LogP contribution in [0.4, 0.5) is 4.39 Å². The third kappa shape index (κ3) is 4.24. The molecule has 1 atom stereocenters. The van der Waals surface area contributed by atoms with E-state index >= 15 is 0 Å². The highest BCUT2D eigenvalue weighted by Crippen LogP contribution is 2.46. The number of benzene rings is 2. The standard InChI is InChI=1S/C20H22FNO3/c1-14(23)15-5-4-6-17(11-15)25-13-16(24)12-22-20(9-10-20)18-7-2-3-8-19(18)21/h2-8,11,16,22,24H,9-10,12-13H2,1H3. The molecule has 4 nitrogen and oxygen atoms in total. The fraction of sp³-hybridized carbons (Fsp3) is 0.350. The quantitative estimate of drug-likeness (QED) is 0.724. The lowest BCUT2D eigenvalue weighted by atomic mass is 10.0. The summed E-state index contributed by atoms with van der Waals surface area (Å²) in [5, 5.41) is 13.4. The Kier molecular flexibility index (Phi) is 5.16. The van der Waals surface area contributed by atoms with Gasteiger partial charge in [0.15, 0.2) is 5.78 Å². The molecule has 0 spiro atoms. The molecule has 1 unspecified atom stereocenters. The normalized spacial score (nSPS) is 16.3. The lowest BCUT2D eigenvalue weighted by molar-refractivity contribution is 0.100. The van der Waals surface area contributed by atoms with E-state index in [0.717, 1.165) is 12.8 Å². The molecule has 0 saturated heterocycles. The highest BCUT2D eigenvalue weighted by atomic mass is 19.1. The second kappa shape index (κ2) is 7.33. The fourth-order valence-corrected chi connectivity index (χ4v) is 2.89. The van der Waals surface area contributed by atoms with Crippen molar-refractivity contribution in [2.45, 2.75) is 31.4 Å². The first-order valence-electron chi connectivity index (χ1n) is 8.42. The first kappa shape index (κ1) is 17.6. The Hall–Kier alpha value is -2.24. The Labute approximate surface area is 146 Å². The molecule has 132 valence electrons. The summed E-state index contributed by atoms with van der Waals surface area (Å²) in [6.45, 7) is 1.90. The Morgan fingerprint density at radius 2 is 2.04 bits per heavy atom. The Bertz CT molecular complexity index is 758. The van der Waals surface area contributed by atoms with E-state index in [9.17, 15) is 14.3 Å². The summed E-state index contributed by atoms with van der Waals surface area (Å²) in [5.41, 5.74) is 0.847. The Morgan fingerprint density at radius 3 is 2.72 bits per heavy atom. The maximum Gasteiger partial charge on any atom is 0.159 e. The van der Waals surface area contributed by atoms with Gasteiger partial charge in [-0.15, -0.1) is 0 Å². The molecule has 1 aliphatic carbocycles. The van der Waals surface area contributed by atoms with Crippen LogP contribution in [0.5, 0.6) is 5.75 Å². The van der Waals surface area contributed by atoms with E-state index in [0.29, 0.717) is 23.4 Å². The average Bonchev–Trinajstić information content (AvgIpc) is 3.40. The molecule has 25 heavy (non-hydrogen) atoms. The zero-order chi connectivity index (χ0) is 17.9. The molecule has 1 fully saturated rings. The lowest BCUT2D eigenvalue weighted by Gasteiger charge is -2.21. The number of halogens is 1.